The van der Waals surface area contributed by atoms with Crippen LogP contribution in [0.2, 0.25) is 0 Å². The molecule has 0 aromatic heterocycles. The maximum atomic E-state index is 5.90. The van der Waals surface area contributed by atoms with Gasteiger partial charge in [0, 0.05) is 5.54 Å². The first-order valence-corrected chi connectivity index (χ1v) is 3.47. The third-order valence-electron chi connectivity index (χ3n) is 2.11. The van der Waals surface area contributed by atoms with Crippen LogP contribution >= 0.6 is 12.4 Å². The van der Waals surface area contributed by atoms with E-state index >= 15 is 0 Å². The van der Waals surface area contributed by atoms with E-state index in [9.17, 15) is 0 Å². The summed E-state index contributed by atoms with van der Waals surface area (Å²) in [7, 11) is 0. The molecule has 0 fully saturated rings. The van der Waals surface area contributed by atoms with Crippen LogP contribution in [-0.2, 0) is 0 Å². The van der Waals surface area contributed by atoms with Crippen molar-refractivity contribution in [1.29, 1.82) is 0 Å². The van der Waals surface area contributed by atoms with Crippen molar-refractivity contribution >= 4 is 12.4 Å². The van der Waals surface area contributed by atoms with Crippen molar-refractivity contribution in [3.05, 3.63) is 0 Å². The Bertz CT molecular complexity index is 51.7. The molecule has 0 atom stereocenters. The second kappa shape index (κ2) is 5.07. The Kier molecular flexibility index (Phi) is 6.74. The normalized spacial score (nSPS) is 10.7. The third kappa shape index (κ3) is 3.77. The predicted octanol–water partition coefficient (Wildman–Crippen LogP) is 2.34. The average Bonchev–Trinajstić information content (AvgIpc) is 1.87. The van der Waals surface area contributed by atoms with E-state index in [0.717, 1.165) is 19.3 Å². The van der Waals surface area contributed by atoms with Gasteiger partial charge in [-0.1, -0.05) is 20.8 Å². The van der Waals surface area contributed by atoms with Crippen molar-refractivity contribution in [2.24, 2.45) is 5.73 Å². The van der Waals surface area contributed by atoms with E-state index in [-0.39, 0.29) is 17.9 Å². The van der Waals surface area contributed by atoms with Gasteiger partial charge in [-0.3, -0.25) is 0 Å². The fraction of sp³-hybridized carbons (Fsp3) is 1.00. The molecule has 2 heteroatoms. The van der Waals surface area contributed by atoms with Gasteiger partial charge in [0.05, 0.1) is 0 Å². The molecule has 0 bridgehead atoms. The average molecular weight is 152 g/mol. The first kappa shape index (κ1) is 12.0. The highest BCUT2D eigenvalue weighted by Crippen LogP contribution is 2.14. The van der Waals surface area contributed by atoms with Crippen LogP contribution in [0.15, 0.2) is 0 Å². The second-order valence-electron chi connectivity index (χ2n) is 2.42. The minimum absolute atomic E-state index is 0. The monoisotopic (exact) mass is 151 g/mol. The molecule has 2 N–H and O–H groups in total. The standard InChI is InChI=1S/C7H17N.ClH/c1-4-7(8,5-2)6-3;/h4-6,8H2,1-3H3;1H. The van der Waals surface area contributed by atoms with Gasteiger partial charge in [-0.15, -0.1) is 12.4 Å². The molecular weight excluding hydrogens is 134 g/mol. The van der Waals surface area contributed by atoms with Crippen LogP contribution < -0.4 is 5.73 Å². The maximum absolute atomic E-state index is 5.90. The quantitative estimate of drug-likeness (QED) is 0.659. The molecule has 0 saturated carbocycles. The molecule has 1 nitrogen and oxygen atoms in total. The van der Waals surface area contributed by atoms with Gasteiger partial charge in [0.25, 0.3) is 0 Å². The molecule has 0 spiro atoms. The van der Waals surface area contributed by atoms with Crippen molar-refractivity contribution in [1.82, 2.24) is 0 Å². The molecule has 0 rings (SSSR count). The Morgan fingerprint density at radius 3 is 1.22 bits per heavy atom. The highest BCUT2D eigenvalue weighted by molar-refractivity contribution is 5.85. The largest absolute Gasteiger partial charge is 0.325 e. The van der Waals surface area contributed by atoms with Crippen LogP contribution in [0, 0.1) is 0 Å². The zero-order valence-corrected chi connectivity index (χ0v) is 7.42. The molecule has 0 aliphatic heterocycles. The molecule has 0 amide bonds. The van der Waals surface area contributed by atoms with Gasteiger partial charge in [-0.05, 0) is 19.3 Å². The third-order valence-corrected chi connectivity index (χ3v) is 2.11. The highest BCUT2D eigenvalue weighted by Gasteiger charge is 2.15. The van der Waals surface area contributed by atoms with Crippen LogP contribution in [0.25, 0.3) is 0 Å². The van der Waals surface area contributed by atoms with Crippen molar-refractivity contribution in [3.8, 4) is 0 Å². The lowest BCUT2D eigenvalue weighted by Gasteiger charge is -2.23. The topological polar surface area (TPSA) is 26.0 Å². The highest BCUT2D eigenvalue weighted by atomic mass is 35.5. The predicted molar refractivity (Wildman–Crippen MR) is 45.0 cm³/mol. The molecule has 0 aliphatic rings. The fourth-order valence-corrected chi connectivity index (χ4v) is 0.750. The summed E-state index contributed by atoms with van der Waals surface area (Å²) < 4.78 is 0. The number of halogens is 1. The summed E-state index contributed by atoms with van der Waals surface area (Å²) in [6, 6.07) is 0. The van der Waals surface area contributed by atoms with Crippen molar-refractivity contribution in [2.45, 2.75) is 45.6 Å². The van der Waals surface area contributed by atoms with E-state index in [2.05, 4.69) is 20.8 Å². The minimum atomic E-state index is 0. The lowest BCUT2D eigenvalue weighted by atomic mass is 9.92. The molecule has 0 radical (unpaired) electrons. The number of rotatable bonds is 3. The Balaban J connectivity index is 0. The van der Waals surface area contributed by atoms with E-state index < -0.39 is 0 Å². The molecule has 0 aromatic carbocycles. The van der Waals surface area contributed by atoms with Crippen LogP contribution in [0.3, 0.4) is 0 Å². The minimum Gasteiger partial charge on any atom is -0.325 e. The maximum Gasteiger partial charge on any atom is 0.0146 e. The van der Waals surface area contributed by atoms with Crippen molar-refractivity contribution < 1.29 is 0 Å². The van der Waals surface area contributed by atoms with E-state index in [1.54, 1.807) is 0 Å². The summed E-state index contributed by atoms with van der Waals surface area (Å²) >= 11 is 0. The Morgan fingerprint density at radius 2 is 1.22 bits per heavy atom. The molecule has 0 unspecified atom stereocenters. The first-order valence-electron chi connectivity index (χ1n) is 3.47. The zero-order valence-electron chi connectivity index (χ0n) is 6.61. The zero-order chi connectivity index (χ0) is 6.62. The number of hydrogen-bond donors (Lipinski definition) is 1. The fourth-order valence-electron chi connectivity index (χ4n) is 0.750. The summed E-state index contributed by atoms with van der Waals surface area (Å²) in [5, 5.41) is 0. The van der Waals surface area contributed by atoms with Crippen LogP contribution in [0.4, 0.5) is 0 Å². The van der Waals surface area contributed by atoms with Crippen molar-refractivity contribution in [3.63, 3.8) is 0 Å². The van der Waals surface area contributed by atoms with Crippen LogP contribution in [-0.4, -0.2) is 5.54 Å². The smallest absolute Gasteiger partial charge is 0.0146 e. The summed E-state index contributed by atoms with van der Waals surface area (Å²) in [4.78, 5) is 0. The van der Waals surface area contributed by atoms with Gasteiger partial charge in [-0.25, -0.2) is 0 Å². The van der Waals surface area contributed by atoms with E-state index in [1.165, 1.54) is 0 Å². The molecule has 9 heavy (non-hydrogen) atoms. The van der Waals surface area contributed by atoms with E-state index in [1.807, 2.05) is 0 Å². The molecule has 0 aromatic rings. The number of nitrogens with two attached hydrogens (primary N) is 1. The second-order valence-corrected chi connectivity index (χ2v) is 2.42. The Labute approximate surface area is 64.4 Å². The van der Waals surface area contributed by atoms with Gasteiger partial charge in [0.2, 0.25) is 0 Å². The van der Waals surface area contributed by atoms with Gasteiger partial charge in [0.1, 0.15) is 0 Å². The Morgan fingerprint density at radius 1 is 1.00 bits per heavy atom. The Hall–Kier alpha value is 0.250. The SMILES string of the molecule is CCC(N)(CC)CC.Cl. The van der Waals surface area contributed by atoms with Crippen LogP contribution in [0.5, 0.6) is 0 Å². The molecule has 0 heterocycles. The molecule has 58 valence electrons. The lowest BCUT2D eigenvalue weighted by molar-refractivity contribution is 0.383. The summed E-state index contributed by atoms with van der Waals surface area (Å²) in [5.74, 6) is 0. The van der Waals surface area contributed by atoms with Gasteiger partial charge in [0.15, 0.2) is 0 Å². The summed E-state index contributed by atoms with van der Waals surface area (Å²) in [6.07, 6.45) is 3.29. The summed E-state index contributed by atoms with van der Waals surface area (Å²) in [5.41, 5.74) is 6.02. The number of hydrogen-bond acceptors (Lipinski definition) is 1. The molecule has 0 saturated heterocycles. The van der Waals surface area contributed by atoms with Crippen LogP contribution in [0.1, 0.15) is 40.0 Å². The first-order chi connectivity index (χ1) is 3.68. The van der Waals surface area contributed by atoms with Gasteiger partial charge >= 0.3 is 0 Å². The molecule has 0 aliphatic carbocycles. The van der Waals surface area contributed by atoms with E-state index in [4.69, 9.17) is 5.73 Å². The summed E-state index contributed by atoms with van der Waals surface area (Å²) in [6.45, 7) is 6.44. The van der Waals surface area contributed by atoms with Crippen molar-refractivity contribution in [2.75, 3.05) is 0 Å². The lowest BCUT2D eigenvalue weighted by Crippen LogP contribution is -2.37. The van der Waals surface area contributed by atoms with Gasteiger partial charge in [-0.2, -0.15) is 0 Å². The van der Waals surface area contributed by atoms with Gasteiger partial charge < -0.3 is 5.73 Å². The van der Waals surface area contributed by atoms with E-state index in [0.29, 0.717) is 0 Å². The molecular formula is C7H18ClN.